The van der Waals surface area contributed by atoms with Crippen LogP contribution in [0.5, 0.6) is 5.75 Å². The number of amides is 2. The van der Waals surface area contributed by atoms with E-state index in [-0.39, 0.29) is 50.8 Å². The molecular weight excluding hydrogens is 1070 g/mol. The maximum atomic E-state index is 13.0. The molecule has 0 aliphatic carbocycles. The van der Waals surface area contributed by atoms with E-state index < -0.39 is 59.6 Å². The summed E-state index contributed by atoms with van der Waals surface area (Å²) in [5.74, 6) is -2.71. The van der Waals surface area contributed by atoms with Gasteiger partial charge in [0.2, 0.25) is 0 Å². The Kier molecular flexibility index (Phi) is 23.0. The molecule has 3 heterocycles. The van der Waals surface area contributed by atoms with Crippen LogP contribution >= 0.6 is 0 Å². The third-order valence-electron chi connectivity index (χ3n) is 13.8. The summed E-state index contributed by atoms with van der Waals surface area (Å²) >= 11 is 0. The van der Waals surface area contributed by atoms with Crippen molar-refractivity contribution in [2.24, 2.45) is 0 Å². The molecule has 22 heteroatoms. The first-order chi connectivity index (χ1) is 38.0. The number of fused-ring (bicyclic) bond motifs is 2. The number of methoxy groups -OCH3 is 1. The highest BCUT2D eigenvalue weighted by Gasteiger charge is 2.44. The van der Waals surface area contributed by atoms with Crippen LogP contribution < -0.4 is 9.80 Å². The molecule has 3 aliphatic rings. The lowest BCUT2D eigenvalue weighted by molar-refractivity contribution is -0.197. The molecule has 1 atom stereocenters. The molecule has 3 N–H and O–H groups in total. The van der Waals surface area contributed by atoms with Crippen molar-refractivity contribution < 1.29 is 78.7 Å². The van der Waals surface area contributed by atoms with Gasteiger partial charge in [-0.25, -0.2) is 4.79 Å². The van der Waals surface area contributed by atoms with Gasteiger partial charge in [-0.15, -0.1) is 5.06 Å². The second kappa shape index (κ2) is 29.1. The lowest BCUT2D eigenvalue weighted by atomic mass is 9.77. The molecule has 0 saturated carbocycles. The summed E-state index contributed by atoms with van der Waals surface area (Å²) < 4.78 is 102. The summed E-state index contributed by atoms with van der Waals surface area (Å²) in [6, 6.07) is 17.2. The van der Waals surface area contributed by atoms with Crippen LogP contribution in [0.3, 0.4) is 0 Å². The average molecular weight is 1150 g/mol. The lowest BCUT2D eigenvalue weighted by Gasteiger charge is -2.43. The number of hydrogen-bond acceptors (Lipinski definition) is 17. The predicted octanol–water partition coefficient (Wildman–Crippen LogP) is 7.74. The molecule has 436 valence electrons. The Morgan fingerprint density at radius 3 is 1.95 bits per heavy atom. The second-order valence-corrected chi connectivity index (χ2v) is 23.1. The van der Waals surface area contributed by atoms with Crippen molar-refractivity contribution in [1.82, 2.24) is 5.06 Å². The first kappa shape index (κ1) is 63.1. The van der Waals surface area contributed by atoms with E-state index in [1.54, 1.807) is 36.3 Å². The number of phenols is 1. The quantitative estimate of drug-likeness (QED) is 0.0228. The van der Waals surface area contributed by atoms with Crippen LogP contribution in [0.2, 0.25) is 0 Å². The highest BCUT2D eigenvalue weighted by molar-refractivity contribution is 7.86. The van der Waals surface area contributed by atoms with Gasteiger partial charge in [-0.1, -0.05) is 55.1 Å². The zero-order valence-corrected chi connectivity index (χ0v) is 47.9. The van der Waals surface area contributed by atoms with Crippen molar-refractivity contribution in [3.8, 4) is 5.75 Å². The van der Waals surface area contributed by atoms with Crippen molar-refractivity contribution in [3.05, 3.63) is 126 Å². The van der Waals surface area contributed by atoms with E-state index in [9.17, 15) is 45.4 Å². The summed E-state index contributed by atoms with van der Waals surface area (Å²) in [4.78, 5) is 46.2. The van der Waals surface area contributed by atoms with Crippen LogP contribution in [0, 0.1) is 0 Å². The molecule has 0 spiro atoms. The van der Waals surface area contributed by atoms with Crippen LogP contribution in [0.15, 0.2) is 108 Å². The number of carbonyl (C=O) groups excluding carboxylic acids is 3. The van der Waals surface area contributed by atoms with Crippen molar-refractivity contribution in [1.29, 1.82) is 0 Å². The summed E-state index contributed by atoms with van der Waals surface area (Å²) in [6.07, 6.45) is 9.12. The van der Waals surface area contributed by atoms with Gasteiger partial charge in [0.05, 0.1) is 88.9 Å². The number of hydrogen-bond donors (Lipinski definition) is 3. The van der Waals surface area contributed by atoms with Crippen LogP contribution in [-0.2, 0) is 73.3 Å². The number of carbonyl (C=O) groups is 3. The molecule has 0 aromatic heterocycles. The number of ether oxygens (including phenoxy) is 6. The van der Waals surface area contributed by atoms with Crippen LogP contribution in [0.25, 0.3) is 16.7 Å². The van der Waals surface area contributed by atoms with Gasteiger partial charge in [0.15, 0.2) is 0 Å². The summed E-state index contributed by atoms with van der Waals surface area (Å²) in [7, 11) is -7.48. The normalized spacial score (nSPS) is 17.9. The molecule has 3 aromatic rings. The monoisotopic (exact) mass is 1150 g/mol. The molecule has 3 aliphatic heterocycles. The minimum absolute atomic E-state index is 0.0226. The minimum atomic E-state index is -4.71. The maximum absolute atomic E-state index is 13.0. The van der Waals surface area contributed by atoms with Crippen molar-refractivity contribution in [2.75, 3.05) is 108 Å². The molecule has 20 nitrogen and oxygen atoms in total. The fourth-order valence-corrected chi connectivity index (χ4v) is 10.9. The van der Waals surface area contributed by atoms with Gasteiger partial charge >= 0.3 is 5.97 Å². The summed E-state index contributed by atoms with van der Waals surface area (Å²) in [5.41, 5.74) is 5.01. The van der Waals surface area contributed by atoms with Gasteiger partial charge in [0, 0.05) is 79.1 Å². The highest BCUT2D eigenvalue weighted by Crippen LogP contribution is 2.52. The van der Waals surface area contributed by atoms with E-state index >= 15 is 0 Å². The Morgan fingerprint density at radius 1 is 0.762 bits per heavy atom. The topological polar surface area (TPSA) is 255 Å². The number of aromatic hydroxyl groups is 1. The van der Waals surface area contributed by atoms with Gasteiger partial charge in [-0.3, -0.25) is 18.7 Å². The Morgan fingerprint density at radius 2 is 1.36 bits per heavy atom. The van der Waals surface area contributed by atoms with Crippen LogP contribution in [0.1, 0.15) is 88.5 Å². The molecule has 1 unspecified atom stereocenters. The third-order valence-corrected chi connectivity index (χ3v) is 15.5. The number of nitrogens with zero attached hydrogens (tertiary/aromatic N) is 3. The van der Waals surface area contributed by atoms with Gasteiger partial charge < -0.3 is 48.2 Å². The summed E-state index contributed by atoms with van der Waals surface area (Å²) in [6.45, 7) is 17.8. The van der Waals surface area contributed by atoms with E-state index in [4.69, 9.17) is 33.3 Å². The number of anilines is 2. The average Bonchev–Trinajstić information content (AvgIpc) is 4.05. The first-order valence-corrected chi connectivity index (χ1v) is 29.6. The van der Waals surface area contributed by atoms with E-state index in [1.807, 2.05) is 56.3 Å². The molecular formula is C58H75N3O17S2. The van der Waals surface area contributed by atoms with Crippen molar-refractivity contribution in [3.63, 3.8) is 0 Å². The fraction of sp³-hybridized carbons (Fsp3) is 0.466. The van der Waals surface area contributed by atoms with Gasteiger partial charge in [0.25, 0.3) is 32.1 Å². The smallest absolute Gasteiger partial charge is 0.333 e. The number of imide groups is 1. The second-order valence-electron chi connectivity index (χ2n) is 20.2. The van der Waals surface area contributed by atoms with E-state index in [2.05, 4.69) is 31.4 Å². The standard InChI is InChI=1S/C58H75N3O17S2/c1-42(44-13-8-7-9-14-44)37-45(48-39-47-43(2)41-57(3,4)60(51(47)40-52(48)62)24-25-73-28-29-75-32-33-77-35-34-76-31-30-74-27-26-72-6)15-10-16-53-58(5,22-11-17-56(65)78-61-54(63)20-21-55(61)64)49-38-46(80(69,70)71)18-19-50(49)59(53)23-12-36-79(66,67)68/h7-10,13-16,18-19,37-41,62H,1,11-12,17,20-36H2,2-6H3,(H,66,67,68)(H,69,70,71)/b15-10+,45-37-,53-16+. The third kappa shape index (κ3) is 17.5. The van der Waals surface area contributed by atoms with E-state index in [0.29, 0.717) is 118 Å². The number of allylic oxidation sites excluding steroid dienone is 8. The van der Waals surface area contributed by atoms with E-state index in [0.717, 1.165) is 22.4 Å². The predicted molar refractivity (Wildman–Crippen MR) is 303 cm³/mol. The number of rotatable bonds is 33. The zero-order chi connectivity index (χ0) is 58.1. The maximum Gasteiger partial charge on any atom is 0.333 e. The molecule has 1 fully saturated rings. The molecule has 6 rings (SSSR count). The number of hydroxylamine groups is 2. The molecule has 1 saturated heterocycles. The fourth-order valence-electron chi connectivity index (χ4n) is 9.91. The SMILES string of the molecule is C=C(/C=C(/C=C/C=C1/N(CCCS(=O)(=O)O)c2ccc(S(=O)(=O)O)cc2C1(C)CCCC(=O)ON1C(=O)CCC1=O)c1cc2c(cc1O)N(CCOCCOCCOCCOCCOCCOC)C(C)(C)C=C2C)c1ccccc1. The number of phenolic OH excluding ortho intramolecular Hbond substituents is 1. The number of benzene rings is 3. The van der Waals surface area contributed by atoms with Crippen molar-refractivity contribution in [2.45, 2.75) is 82.1 Å². The molecule has 0 radical (unpaired) electrons. The van der Waals surface area contributed by atoms with Crippen LogP contribution in [0.4, 0.5) is 11.4 Å². The zero-order valence-electron chi connectivity index (χ0n) is 46.2. The van der Waals surface area contributed by atoms with E-state index in [1.165, 1.54) is 18.2 Å². The molecule has 0 bridgehead atoms. The molecule has 3 aromatic carbocycles. The van der Waals surface area contributed by atoms with Crippen molar-refractivity contribution >= 4 is 66.1 Å². The summed E-state index contributed by atoms with van der Waals surface area (Å²) in [5, 5.41) is 12.6. The Labute approximate surface area is 469 Å². The minimum Gasteiger partial charge on any atom is -0.507 e. The largest absolute Gasteiger partial charge is 0.507 e. The Hall–Kier alpha value is -6.05. The Balaban J connectivity index is 1.25. The Bertz CT molecular complexity index is 3010. The van der Waals surface area contributed by atoms with Crippen LogP contribution in [-0.4, -0.2) is 158 Å². The van der Waals surface area contributed by atoms with Gasteiger partial charge in [-0.2, -0.15) is 16.8 Å². The molecule has 2 amide bonds. The lowest BCUT2D eigenvalue weighted by Crippen LogP contribution is -2.46. The first-order valence-electron chi connectivity index (χ1n) is 26.5. The highest BCUT2D eigenvalue weighted by atomic mass is 32.2. The molecule has 80 heavy (non-hydrogen) atoms. The van der Waals surface area contributed by atoms with Gasteiger partial charge in [0.1, 0.15) is 5.75 Å². The van der Waals surface area contributed by atoms with Gasteiger partial charge in [-0.05, 0) is 111 Å².